The van der Waals surface area contributed by atoms with Gasteiger partial charge in [0.1, 0.15) is 12.2 Å². The molecule has 1 saturated heterocycles. The number of hydrogen-bond donors (Lipinski definition) is 3. The molecule has 0 saturated carbocycles. The van der Waals surface area contributed by atoms with Crippen molar-refractivity contribution in [3.8, 4) is 0 Å². The fourth-order valence-corrected chi connectivity index (χ4v) is 2.16. The number of aliphatic hydroxyl groups is 2. The summed E-state index contributed by atoms with van der Waals surface area (Å²) in [6, 6.07) is -0.567. The average Bonchev–Trinajstić information content (AvgIpc) is 2.40. The van der Waals surface area contributed by atoms with E-state index in [0.29, 0.717) is 6.42 Å². The van der Waals surface area contributed by atoms with E-state index in [1.807, 2.05) is 0 Å². The molecule has 0 bridgehead atoms. The number of carbonyl (C=O) groups is 1. The molecule has 7 nitrogen and oxygen atoms in total. The van der Waals surface area contributed by atoms with Gasteiger partial charge in [-0.2, -0.15) is 0 Å². The summed E-state index contributed by atoms with van der Waals surface area (Å²) in [6.07, 6.45) is -2.05. The molecule has 1 amide bonds. The van der Waals surface area contributed by atoms with Gasteiger partial charge in [0.05, 0.1) is 12.1 Å². The van der Waals surface area contributed by atoms with E-state index in [2.05, 4.69) is 5.32 Å². The Bertz CT molecular complexity index is 287. The van der Waals surface area contributed by atoms with Crippen LogP contribution in [0.5, 0.6) is 0 Å². The number of rotatable bonds is 6. The third kappa shape index (κ3) is 4.12. The Labute approximate surface area is 112 Å². The maximum absolute atomic E-state index is 11.6. The highest BCUT2D eigenvalue weighted by Crippen LogP contribution is 2.23. The van der Waals surface area contributed by atoms with Crippen LogP contribution in [0.2, 0.25) is 0 Å². The van der Waals surface area contributed by atoms with Gasteiger partial charge in [-0.05, 0) is 13.3 Å². The molecule has 7 heteroatoms. The lowest BCUT2D eigenvalue weighted by molar-refractivity contribution is -0.269. The van der Waals surface area contributed by atoms with E-state index < -0.39 is 30.6 Å². The highest BCUT2D eigenvalue weighted by Gasteiger charge is 2.44. The molecule has 5 unspecified atom stereocenters. The lowest BCUT2D eigenvalue weighted by Crippen LogP contribution is -2.63. The molecule has 1 fully saturated rings. The minimum absolute atomic E-state index is 0.0425. The molecule has 0 aromatic rings. The van der Waals surface area contributed by atoms with E-state index in [1.54, 1.807) is 6.92 Å². The summed E-state index contributed by atoms with van der Waals surface area (Å²) in [5.41, 5.74) is 0. The summed E-state index contributed by atoms with van der Waals surface area (Å²) in [6.45, 7) is 1.71. The number of methoxy groups -OCH3 is 2. The van der Waals surface area contributed by atoms with Crippen LogP contribution in [-0.2, 0) is 19.0 Å². The first-order valence-electron chi connectivity index (χ1n) is 6.34. The van der Waals surface area contributed by atoms with Crippen molar-refractivity contribution in [2.45, 2.75) is 50.4 Å². The predicted octanol–water partition coefficient (Wildman–Crippen LogP) is -0.989. The quantitative estimate of drug-likeness (QED) is 0.577. The van der Waals surface area contributed by atoms with Crippen molar-refractivity contribution >= 4 is 5.91 Å². The van der Waals surface area contributed by atoms with Gasteiger partial charge < -0.3 is 29.7 Å². The molecule has 0 aromatic carbocycles. The van der Waals surface area contributed by atoms with Crippen LogP contribution in [0.3, 0.4) is 0 Å². The average molecular weight is 277 g/mol. The van der Waals surface area contributed by atoms with E-state index in [1.165, 1.54) is 14.2 Å². The second-order valence-electron chi connectivity index (χ2n) is 4.56. The summed E-state index contributed by atoms with van der Waals surface area (Å²) in [5, 5.41) is 21.6. The zero-order valence-electron chi connectivity index (χ0n) is 11.5. The van der Waals surface area contributed by atoms with Crippen LogP contribution < -0.4 is 5.32 Å². The molecule has 1 rings (SSSR count). The molecule has 0 spiro atoms. The molecule has 0 radical (unpaired) electrons. The van der Waals surface area contributed by atoms with Crippen LogP contribution in [0.15, 0.2) is 0 Å². The van der Waals surface area contributed by atoms with Gasteiger partial charge in [0.15, 0.2) is 6.29 Å². The number of hydrogen-bond acceptors (Lipinski definition) is 6. The number of ether oxygens (including phenoxy) is 3. The normalized spacial score (nSPS) is 35.1. The first-order valence-corrected chi connectivity index (χ1v) is 6.34. The zero-order valence-corrected chi connectivity index (χ0v) is 11.5. The minimum Gasteiger partial charge on any atom is -0.396 e. The smallest absolute Gasteiger partial charge is 0.220 e. The molecule has 1 aliphatic heterocycles. The van der Waals surface area contributed by atoms with Gasteiger partial charge >= 0.3 is 0 Å². The monoisotopic (exact) mass is 277 g/mol. The van der Waals surface area contributed by atoms with E-state index >= 15 is 0 Å². The van der Waals surface area contributed by atoms with Gasteiger partial charge in [0.2, 0.25) is 5.91 Å². The lowest BCUT2D eigenvalue weighted by Gasteiger charge is -2.42. The zero-order chi connectivity index (χ0) is 14.4. The molecule has 0 aromatic heterocycles. The summed E-state index contributed by atoms with van der Waals surface area (Å²) < 4.78 is 15.8. The minimum atomic E-state index is -0.920. The fourth-order valence-electron chi connectivity index (χ4n) is 2.16. The molecule has 1 aliphatic rings. The second kappa shape index (κ2) is 7.76. The van der Waals surface area contributed by atoms with Crippen molar-refractivity contribution in [3.05, 3.63) is 0 Å². The highest BCUT2D eigenvalue weighted by atomic mass is 16.7. The first-order chi connectivity index (χ1) is 9.04. The largest absolute Gasteiger partial charge is 0.396 e. The number of carbonyl (C=O) groups excluding carboxylic acids is 1. The predicted molar refractivity (Wildman–Crippen MR) is 66.4 cm³/mol. The van der Waals surface area contributed by atoms with Crippen molar-refractivity contribution in [3.63, 3.8) is 0 Å². The molecule has 3 N–H and O–H groups in total. The van der Waals surface area contributed by atoms with E-state index in [-0.39, 0.29) is 18.9 Å². The van der Waals surface area contributed by atoms with Crippen LogP contribution in [0.25, 0.3) is 0 Å². The summed E-state index contributed by atoms with van der Waals surface area (Å²) >= 11 is 0. The molecule has 5 atom stereocenters. The van der Waals surface area contributed by atoms with Crippen LogP contribution in [0, 0.1) is 0 Å². The van der Waals surface area contributed by atoms with E-state index in [4.69, 9.17) is 19.3 Å². The molecule has 1 heterocycles. The van der Waals surface area contributed by atoms with Crippen LogP contribution in [0.4, 0.5) is 0 Å². The Hall–Kier alpha value is -0.730. The number of nitrogens with one attached hydrogen (secondary N) is 1. The Morgan fingerprint density at radius 1 is 1.37 bits per heavy atom. The Morgan fingerprint density at radius 2 is 2.05 bits per heavy atom. The molecule has 19 heavy (non-hydrogen) atoms. The van der Waals surface area contributed by atoms with Crippen molar-refractivity contribution in [2.24, 2.45) is 0 Å². The highest BCUT2D eigenvalue weighted by molar-refractivity contribution is 5.76. The van der Waals surface area contributed by atoms with Crippen molar-refractivity contribution in [1.29, 1.82) is 0 Å². The molecular weight excluding hydrogens is 254 g/mol. The molecule has 112 valence electrons. The maximum atomic E-state index is 11.6. The second-order valence-corrected chi connectivity index (χ2v) is 4.56. The fraction of sp³-hybridized carbons (Fsp3) is 0.917. The van der Waals surface area contributed by atoms with Crippen LogP contribution in [-0.4, -0.2) is 67.6 Å². The number of amides is 1. The van der Waals surface area contributed by atoms with Gasteiger partial charge in [0, 0.05) is 27.2 Å². The Morgan fingerprint density at radius 3 is 2.58 bits per heavy atom. The Balaban J connectivity index is 2.64. The van der Waals surface area contributed by atoms with Crippen LogP contribution >= 0.6 is 0 Å². The third-order valence-electron chi connectivity index (χ3n) is 3.22. The molecular formula is C12H23NO6. The van der Waals surface area contributed by atoms with Gasteiger partial charge in [-0.1, -0.05) is 0 Å². The van der Waals surface area contributed by atoms with E-state index in [9.17, 15) is 9.90 Å². The number of aliphatic hydroxyl groups excluding tert-OH is 2. The van der Waals surface area contributed by atoms with E-state index in [0.717, 1.165) is 0 Å². The third-order valence-corrected chi connectivity index (χ3v) is 3.22. The van der Waals surface area contributed by atoms with Crippen LogP contribution in [0.1, 0.15) is 19.8 Å². The summed E-state index contributed by atoms with van der Waals surface area (Å²) in [5.74, 6) is -0.237. The van der Waals surface area contributed by atoms with Crippen molar-refractivity contribution < 1.29 is 29.2 Å². The van der Waals surface area contributed by atoms with Gasteiger partial charge in [-0.25, -0.2) is 0 Å². The molecule has 0 aliphatic carbocycles. The van der Waals surface area contributed by atoms with Crippen molar-refractivity contribution in [1.82, 2.24) is 5.32 Å². The maximum Gasteiger partial charge on any atom is 0.220 e. The summed E-state index contributed by atoms with van der Waals surface area (Å²) in [7, 11) is 2.92. The SMILES string of the molecule is COC1OC(C)C(NC(=O)CCCO)C(O)C1OC. The topological polar surface area (TPSA) is 97.3 Å². The van der Waals surface area contributed by atoms with Gasteiger partial charge in [-0.15, -0.1) is 0 Å². The summed E-state index contributed by atoms with van der Waals surface area (Å²) in [4.78, 5) is 11.6. The standard InChI is InChI=1S/C12H23NO6/c1-7-9(13-8(15)5-4-6-14)10(16)11(17-2)12(18-3)19-7/h7,9-12,14,16H,4-6H2,1-3H3,(H,13,15). The Kier molecular flexibility index (Phi) is 6.67. The first kappa shape index (κ1) is 16.3. The van der Waals surface area contributed by atoms with Crippen molar-refractivity contribution in [2.75, 3.05) is 20.8 Å². The van der Waals surface area contributed by atoms with Gasteiger partial charge in [0.25, 0.3) is 0 Å². The van der Waals surface area contributed by atoms with Gasteiger partial charge in [-0.3, -0.25) is 4.79 Å². The lowest BCUT2D eigenvalue weighted by atomic mass is 9.96.